The second-order valence-corrected chi connectivity index (χ2v) is 7.65. The molecule has 0 bridgehead atoms. The lowest BCUT2D eigenvalue weighted by molar-refractivity contribution is 0.0936. The van der Waals surface area contributed by atoms with Crippen LogP contribution in [0.15, 0.2) is 30.3 Å². The molecule has 0 aliphatic carbocycles. The highest BCUT2D eigenvalue weighted by atomic mass is 16.2. The number of hydrogen-bond acceptors (Lipinski definition) is 7. The van der Waals surface area contributed by atoms with E-state index in [1.54, 1.807) is 17.6 Å². The summed E-state index contributed by atoms with van der Waals surface area (Å²) in [5, 5.41) is 22.4. The van der Waals surface area contributed by atoms with Crippen molar-refractivity contribution in [1.82, 2.24) is 25.1 Å². The van der Waals surface area contributed by atoms with Crippen molar-refractivity contribution >= 4 is 22.6 Å². The minimum absolute atomic E-state index is 0.0650. The summed E-state index contributed by atoms with van der Waals surface area (Å²) in [6.07, 6.45) is 1.93. The molecule has 9 nitrogen and oxygen atoms in total. The Hall–Kier alpha value is -3.95. The van der Waals surface area contributed by atoms with Crippen LogP contribution in [0.5, 0.6) is 0 Å². The van der Waals surface area contributed by atoms with Crippen LogP contribution in [0.1, 0.15) is 41.8 Å². The minimum atomic E-state index is -0.379. The molecule has 3 aromatic rings. The maximum atomic E-state index is 13.0. The lowest BCUT2D eigenvalue weighted by Gasteiger charge is -2.31. The van der Waals surface area contributed by atoms with E-state index < -0.39 is 0 Å². The second kappa shape index (κ2) is 9.46. The number of nitrogens with one attached hydrogen (secondary N) is 1. The number of nitriles is 1. The first-order valence-corrected chi connectivity index (χ1v) is 10.5. The number of amides is 1. The van der Waals surface area contributed by atoms with Gasteiger partial charge in [-0.15, -0.1) is 16.1 Å². The molecular formula is C23H24N8O. The molecule has 1 atom stereocenters. The Morgan fingerprint density at radius 3 is 2.97 bits per heavy atom. The van der Waals surface area contributed by atoms with Crippen LogP contribution in [0.2, 0.25) is 0 Å². The first kappa shape index (κ1) is 21.3. The Morgan fingerprint density at radius 1 is 1.34 bits per heavy atom. The Morgan fingerprint density at radius 2 is 2.19 bits per heavy atom. The van der Waals surface area contributed by atoms with E-state index in [9.17, 15) is 10.1 Å². The van der Waals surface area contributed by atoms with Gasteiger partial charge in [-0.05, 0) is 31.2 Å². The van der Waals surface area contributed by atoms with E-state index >= 15 is 0 Å². The van der Waals surface area contributed by atoms with Crippen molar-refractivity contribution < 1.29 is 4.79 Å². The van der Waals surface area contributed by atoms with E-state index in [1.165, 1.54) is 0 Å². The van der Waals surface area contributed by atoms with Gasteiger partial charge in [0.2, 0.25) is 11.8 Å². The minimum Gasteiger partial charge on any atom is -0.344 e. The molecule has 9 heteroatoms. The molecule has 1 aliphatic heterocycles. The molecule has 3 N–H and O–H groups in total. The molecule has 32 heavy (non-hydrogen) atoms. The Labute approximate surface area is 186 Å². The van der Waals surface area contributed by atoms with Crippen molar-refractivity contribution in [1.29, 1.82) is 5.26 Å². The third kappa shape index (κ3) is 4.39. The van der Waals surface area contributed by atoms with Crippen molar-refractivity contribution in [2.24, 2.45) is 5.73 Å². The third-order valence-electron chi connectivity index (χ3n) is 5.44. The number of piperidine rings is 1. The fourth-order valence-corrected chi connectivity index (χ4v) is 3.90. The first-order valence-electron chi connectivity index (χ1n) is 10.5. The molecule has 0 radical (unpaired) electrons. The molecule has 1 unspecified atom stereocenters. The van der Waals surface area contributed by atoms with Gasteiger partial charge in [-0.3, -0.25) is 9.36 Å². The van der Waals surface area contributed by atoms with Gasteiger partial charge >= 0.3 is 0 Å². The van der Waals surface area contributed by atoms with Crippen LogP contribution < -0.4 is 16.0 Å². The van der Waals surface area contributed by atoms with Crippen molar-refractivity contribution in [2.45, 2.75) is 38.9 Å². The SMILES string of the molecule is CC#CCn1c(C(=O)NCc2nc(C#N)cc3ccccc23)nnc1N1CCCC(N)C1. The van der Waals surface area contributed by atoms with Crippen molar-refractivity contribution in [3.05, 3.63) is 47.5 Å². The topological polar surface area (TPSA) is 126 Å². The fourth-order valence-electron chi connectivity index (χ4n) is 3.90. The number of benzene rings is 1. The van der Waals surface area contributed by atoms with Crippen LogP contribution in [0, 0.1) is 23.2 Å². The number of carbonyl (C=O) groups is 1. The van der Waals surface area contributed by atoms with Gasteiger partial charge in [0, 0.05) is 24.5 Å². The summed E-state index contributed by atoms with van der Waals surface area (Å²) in [6.45, 7) is 3.68. The van der Waals surface area contributed by atoms with Gasteiger partial charge in [0.1, 0.15) is 11.8 Å². The third-order valence-corrected chi connectivity index (χ3v) is 5.44. The molecule has 1 aromatic carbocycles. The molecule has 0 saturated carbocycles. The van der Waals surface area contributed by atoms with E-state index in [4.69, 9.17) is 5.73 Å². The summed E-state index contributed by atoms with van der Waals surface area (Å²) in [6, 6.07) is 11.5. The van der Waals surface area contributed by atoms with Crippen LogP contribution in [0.4, 0.5) is 5.95 Å². The summed E-state index contributed by atoms with van der Waals surface area (Å²) in [7, 11) is 0. The van der Waals surface area contributed by atoms with Crippen molar-refractivity contribution in [3.63, 3.8) is 0 Å². The quantitative estimate of drug-likeness (QED) is 0.591. The van der Waals surface area contributed by atoms with Crippen LogP contribution >= 0.6 is 0 Å². The zero-order valence-corrected chi connectivity index (χ0v) is 17.9. The predicted octanol–water partition coefficient (Wildman–Crippen LogP) is 1.58. The van der Waals surface area contributed by atoms with E-state index in [0.717, 1.165) is 30.2 Å². The normalized spacial score (nSPS) is 15.7. The smallest absolute Gasteiger partial charge is 0.289 e. The van der Waals surface area contributed by atoms with Gasteiger partial charge in [0.05, 0.1) is 18.8 Å². The Bertz CT molecular complexity index is 1250. The molecule has 0 spiro atoms. The van der Waals surface area contributed by atoms with Gasteiger partial charge in [0.25, 0.3) is 5.91 Å². The largest absolute Gasteiger partial charge is 0.344 e. The maximum absolute atomic E-state index is 13.0. The zero-order chi connectivity index (χ0) is 22.5. The van der Waals surface area contributed by atoms with Crippen LogP contribution in [-0.2, 0) is 13.1 Å². The number of nitrogens with zero attached hydrogens (tertiary/aromatic N) is 6. The van der Waals surface area contributed by atoms with Gasteiger partial charge < -0.3 is 16.0 Å². The Balaban J connectivity index is 1.59. The number of anilines is 1. The summed E-state index contributed by atoms with van der Waals surface area (Å²) in [5.74, 6) is 6.26. The average molecular weight is 429 g/mol. The monoisotopic (exact) mass is 428 g/mol. The number of hydrogen-bond donors (Lipinski definition) is 2. The number of rotatable bonds is 5. The van der Waals surface area contributed by atoms with E-state index in [1.807, 2.05) is 24.3 Å². The molecule has 3 heterocycles. The van der Waals surface area contributed by atoms with Gasteiger partial charge in [-0.1, -0.05) is 30.2 Å². The van der Waals surface area contributed by atoms with Crippen molar-refractivity contribution in [2.75, 3.05) is 18.0 Å². The molecule has 1 aliphatic rings. The Kier molecular flexibility index (Phi) is 6.29. The van der Waals surface area contributed by atoms with Crippen molar-refractivity contribution in [3.8, 4) is 17.9 Å². The first-order chi connectivity index (χ1) is 15.6. The maximum Gasteiger partial charge on any atom is 0.289 e. The highest BCUT2D eigenvalue weighted by Gasteiger charge is 2.25. The van der Waals surface area contributed by atoms with Crippen LogP contribution in [0.25, 0.3) is 10.8 Å². The molecule has 1 amide bonds. The summed E-state index contributed by atoms with van der Waals surface area (Å²) in [5.41, 5.74) is 7.05. The lowest BCUT2D eigenvalue weighted by atomic mass is 10.1. The molecule has 1 fully saturated rings. The summed E-state index contributed by atoms with van der Waals surface area (Å²) >= 11 is 0. The van der Waals surface area contributed by atoms with Gasteiger partial charge in [0.15, 0.2) is 0 Å². The number of pyridine rings is 1. The van der Waals surface area contributed by atoms with Gasteiger partial charge in [-0.25, -0.2) is 4.98 Å². The highest BCUT2D eigenvalue weighted by Crippen LogP contribution is 2.20. The van der Waals surface area contributed by atoms with Crippen LogP contribution in [0.3, 0.4) is 0 Å². The number of carbonyl (C=O) groups excluding carboxylic acids is 1. The summed E-state index contributed by atoms with van der Waals surface area (Å²) < 4.78 is 1.72. The van der Waals surface area contributed by atoms with Gasteiger partial charge in [-0.2, -0.15) is 5.26 Å². The number of nitrogens with two attached hydrogens (primary N) is 1. The second-order valence-electron chi connectivity index (χ2n) is 7.65. The summed E-state index contributed by atoms with van der Waals surface area (Å²) in [4.78, 5) is 19.5. The lowest BCUT2D eigenvalue weighted by Crippen LogP contribution is -2.44. The van der Waals surface area contributed by atoms with E-state index in [0.29, 0.717) is 30.4 Å². The van der Waals surface area contributed by atoms with E-state index in [-0.39, 0.29) is 24.3 Å². The highest BCUT2D eigenvalue weighted by molar-refractivity contribution is 5.92. The van der Waals surface area contributed by atoms with Crippen LogP contribution in [-0.4, -0.2) is 44.8 Å². The average Bonchev–Trinajstić information content (AvgIpc) is 3.24. The predicted molar refractivity (Wildman–Crippen MR) is 121 cm³/mol. The molecule has 2 aromatic heterocycles. The molecule has 162 valence electrons. The standard InChI is InChI=1S/C23H24N8O/c1-2-3-11-31-21(28-29-23(31)30-10-6-8-17(25)15-30)22(32)26-14-20-19-9-5-4-7-16(19)12-18(13-24)27-20/h4-5,7,9,12,17H,6,8,10-11,14-15,25H2,1H3,(H,26,32). The zero-order valence-electron chi connectivity index (χ0n) is 17.9. The fraction of sp³-hybridized carbons (Fsp3) is 0.348. The number of aromatic nitrogens is 4. The molecular weight excluding hydrogens is 404 g/mol. The molecule has 4 rings (SSSR count). The van der Waals surface area contributed by atoms with E-state index in [2.05, 4.69) is 43.3 Å². The molecule has 1 saturated heterocycles. The number of fused-ring (bicyclic) bond motifs is 1.